The van der Waals surface area contributed by atoms with Gasteiger partial charge in [0.2, 0.25) is 0 Å². The van der Waals surface area contributed by atoms with Crippen LogP contribution in [0.2, 0.25) is 0 Å². The largest absolute Gasteiger partial charge is 0.418 e. The lowest BCUT2D eigenvalue weighted by molar-refractivity contribution is -0.136. The molecule has 0 spiro atoms. The summed E-state index contributed by atoms with van der Waals surface area (Å²) in [5.41, 5.74) is -1.09. The summed E-state index contributed by atoms with van der Waals surface area (Å²) < 4.78 is 39.4. The number of aromatic nitrogens is 1. The topological polar surface area (TPSA) is 42.0 Å². The van der Waals surface area contributed by atoms with E-state index in [0.29, 0.717) is 0 Å². The van der Waals surface area contributed by atoms with Gasteiger partial charge >= 0.3 is 6.18 Å². The second kappa shape index (κ2) is 6.15. The van der Waals surface area contributed by atoms with Crippen molar-refractivity contribution in [1.82, 2.24) is 4.98 Å². The maximum absolute atomic E-state index is 13.0. The van der Waals surface area contributed by atoms with E-state index in [4.69, 9.17) is 0 Å². The molecular formula is C13H7Br2F3N2O. The number of carbonyl (C=O) groups excluding carboxylic acids is 1. The van der Waals surface area contributed by atoms with Gasteiger partial charge in [-0.05, 0) is 46.3 Å². The van der Waals surface area contributed by atoms with Crippen LogP contribution in [0.15, 0.2) is 45.6 Å². The minimum Gasteiger partial charge on any atom is -0.321 e. The highest BCUT2D eigenvalue weighted by Gasteiger charge is 2.34. The number of benzene rings is 1. The van der Waals surface area contributed by atoms with Gasteiger partial charge < -0.3 is 5.32 Å². The predicted molar refractivity (Wildman–Crippen MR) is 79.0 cm³/mol. The van der Waals surface area contributed by atoms with Crippen LogP contribution in [0, 0.1) is 0 Å². The van der Waals surface area contributed by atoms with Crippen LogP contribution in [-0.2, 0) is 6.18 Å². The molecule has 0 fully saturated rings. The molecule has 1 heterocycles. The van der Waals surface area contributed by atoms with Crippen molar-refractivity contribution < 1.29 is 18.0 Å². The van der Waals surface area contributed by atoms with E-state index in [1.165, 1.54) is 30.5 Å². The quantitative estimate of drug-likeness (QED) is 0.699. The van der Waals surface area contributed by atoms with E-state index in [1.807, 2.05) is 0 Å². The Morgan fingerprint density at radius 3 is 2.52 bits per heavy atom. The molecule has 1 aromatic carbocycles. The molecule has 8 heteroatoms. The van der Waals surface area contributed by atoms with Crippen molar-refractivity contribution in [3.05, 3.63) is 56.7 Å². The molecule has 0 aliphatic heterocycles. The summed E-state index contributed by atoms with van der Waals surface area (Å²) in [5, 5.41) is 2.25. The Balaban J connectivity index is 2.36. The van der Waals surface area contributed by atoms with Crippen molar-refractivity contribution in [2.75, 3.05) is 5.32 Å². The first kappa shape index (κ1) is 16.0. The molecule has 1 N–H and O–H groups in total. The van der Waals surface area contributed by atoms with Gasteiger partial charge in [-0.1, -0.05) is 15.9 Å². The molecule has 0 saturated heterocycles. The van der Waals surface area contributed by atoms with Crippen molar-refractivity contribution in [2.24, 2.45) is 0 Å². The molecule has 0 bridgehead atoms. The Morgan fingerprint density at radius 1 is 1.19 bits per heavy atom. The Labute approximate surface area is 134 Å². The number of anilines is 1. The molecule has 3 nitrogen and oxygen atoms in total. The summed E-state index contributed by atoms with van der Waals surface area (Å²) in [4.78, 5) is 15.9. The molecule has 0 unspecified atom stereocenters. The third kappa shape index (κ3) is 3.82. The number of amides is 1. The van der Waals surface area contributed by atoms with Crippen molar-refractivity contribution in [3.8, 4) is 0 Å². The number of hydrogen-bond donors (Lipinski definition) is 1. The lowest BCUT2D eigenvalue weighted by Crippen LogP contribution is -2.17. The van der Waals surface area contributed by atoms with Crippen LogP contribution in [0.25, 0.3) is 0 Å². The zero-order valence-electron chi connectivity index (χ0n) is 10.2. The summed E-state index contributed by atoms with van der Waals surface area (Å²) in [6, 6.07) is 6.50. The summed E-state index contributed by atoms with van der Waals surface area (Å²) in [7, 11) is 0. The van der Waals surface area contributed by atoms with E-state index in [0.717, 1.165) is 6.07 Å². The normalized spacial score (nSPS) is 11.3. The maximum Gasteiger partial charge on any atom is 0.418 e. The number of nitrogens with zero attached hydrogens (tertiary/aromatic N) is 1. The van der Waals surface area contributed by atoms with Crippen molar-refractivity contribution >= 4 is 43.5 Å². The highest BCUT2D eigenvalue weighted by molar-refractivity contribution is 9.10. The van der Waals surface area contributed by atoms with Crippen LogP contribution in [0.3, 0.4) is 0 Å². The van der Waals surface area contributed by atoms with E-state index < -0.39 is 17.6 Å². The van der Waals surface area contributed by atoms with Gasteiger partial charge in [-0.3, -0.25) is 4.79 Å². The number of halogens is 5. The zero-order valence-corrected chi connectivity index (χ0v) is 13.4. The smallest absolute Gasteiger partial charge is 0.321 e. The van der Waals surface area contributed by atoms with Gasteiger partial charge in [-0.2, -0.15) is 13.2 Å². The van der Waals surface area contributed by atoms with Crippen LogP contribution in [0.4, 0.5) is 18.9 Å². The molecule has 0 aliphatic rings. The molecule has 0 saturated carbocycles. The van der Waals surface area contributed by atoms with Gasteiger partial charge in [-0.15, -0.1) is 0 Å². The first-order chi connectivity index (χ1) is 9.79. The Bertz CT molecular complexity index is 689. The third-order valence-electron chi connectivity index (χ3n) is 2.54. The standard InChI is InChI=1S/C13H7Br2F3N2O/c14-7-3-4-10(9(6-7)13(16,17)18)20-12(21)8-2-1-5-19-11(8)15/h1-6H,(H,20,21). The lowest BCUT2D eigenvalue weighted by atomic mass is 10.1. The molecular weight excluding hydrogens is 417 g/mol. The molecule has 2 aromatic rings. The first-order valence-electron chi connectivity index (χ1n) is 5.57. The van der Waals surface area contributed by atoms with Crippen LogP contribution in [0.5, 0.6) is 0 Å². The lowest BCUT2D eigenvalue weighted by Gasteiger charge is -2.14. The summed E-state index contributed by atoms with van der Waals surface area (Å²) in [6.07, 6.45) is -3.11. The van der Waals surface area contributed by atoms with Crippen molar-refractivity contribution in [2.45, 2.75) is 6.18 Å². The number of alkyl halides is 3. The number of rotatable bonds is 2. The fourth-order valence-corrected chi connectivity index (χ4v) is 2.40. The number of carbonyl (C=O) groups is 1. The van der Waals surface area contributed by atoms with E-state index in [9.17, 15) is 18.0 Å². The number of nitrogens with one attached hydrogen (secondary N) is 1. The van der Waals surface area contributed by atoms with Crippen LogP contribution in [-0.4, -0.2) is 10.9 Å². The molecule has 0 radical (unpaired) electrons. The molecule has 0 aliphatic carbocycles. The molecule has 1 amide bonds. The van der Waals surface area contributed by atoms with Gasteiger partial charge in [0, 0.05) is 10.7 Å². The van der Waals surface area contributed by atoms with Gasteiger partial charge in [0.25, 0.3) is 5.91 Å². The fraction of sp³-hybridized carbons (Fsp3) is 0.0769. The van der Waals surface area contributed by atoms with Crippen LogP contribution >= 0.6 is 31.9 Å². The minimum absolute atomic E-state index is 0.147. The minimum atomic E-state index is -4.57. The maximum atomic E-state index is 13.0. The van der Waals surface area contributed by atoms with E-state index in [2.05, 4.69) is 42.2 Å². The van der Waals surface area contributed by atoms with E-state index >= 15 is 0 Å². The van der Waals surface area contributed by atoms with Crippen molar-refractivity contribution in [3.63, 3.8) is 0 Å². The zero-order chi connectivity index (χ0) is 15.6. The third-order valence-corrected chi connectivity index (χ3v) is 3.66. The van der Waals surface area contributed by atoms with Gasteiger partial charge in [0.1, 0.15) is 4.60 Å². The van der Waals surface area contributed by atoms with Gasteiger partial charge in [0.15, 0.2) is 0 Å². The number of pyridine rings is 1. The highest BCUT2D eigenvalue weighted by Crippen LogP contribution is 2.36. The average molecular weight is 424 g/mol. The van der Waals surface area contributed by atoms with Crippen LogP contribution in [0.1, 0.15) is 15.9 Å². The SMILES string of the molecule is O=C(Nc1ccc(Br)cc1C(F)(F)F)c1cccnc1Br. The molecule has 2 rings (SSSR count). The Kier molecular flexibility index (Phi) is 4.67. The first-order valence-corrected chi connectivity index (χ1v) is 7.16. The molecule has 1 aromatic heterocycles. The second-order valence-electron chi connectivity index (χ2n) is 3.98. The highest BCUT2D eigenvalue weighted by atomic mass is 79.9. The molecule has 0 atom stereocenters. The molecule has 110 valence electrons. The average Bonchev–Trinajstić information content (AvgIpc) is 2.40. The number of hydrogen-bond acceptors (Lipinski definition) is 2. The monoisotopic (exact) mass is 422 g/mol. The Hall–Kier alpha value is -1.41. The summed E-state index contributed by atoms with van der Waals surface area (Å²) in [6.45, 7) is 0. The summed E-state index contributed by atoms with van der Waals surface area (Å²) in [5.74, 6) is -0.678. The predicted octanol–water partition coefficient (Wildman–Crippen LogP) is 4.88. The van der Waals surface area contributed by atoms with Gasteiger partial charge in [-0.25, -0.2) is 4.98 Å². The fourth-order valence-electron chi connectivity index (χ4n) is 1.61. The van der Waals surface area contributed by atoms with Crippen LogP contribution < -0.4 is 5.32 Å². The summed E-state index contributed by atoms with van der Waals surface area (Å²) >= 11 is 6.06. The second-order valence-corrected chi connectivity index (χ2v) is 5.65. The van der Waals surface area contributed by atoms with E-state index in [1.54, 1.807) is 0 Å². The van der Waals surface area contributed by atoms with E-state index in [-0.39, 0.29) is 20.3 Å². The Morgan fingerprint density at radius 2 is 1.90 bits per heavy atom. The molecule has 21 heavy (non-hydrogen) atoms. The van der Waals surface area contributed by atoms with Gasteiger partial charge in [0.05, 0.1) is 16.8 Å². The van der Waals surface area contributed by atoms with Crippen molar-refractivity contribution in [1.29, 1.82) is 0 Å².